The van der Waals surface area contributed by atoms with Gasteiger partial charge in [0, 0.05) is 44.9 Å². The van der Waals surface area contributed by atoms with Crippen molar-refractivity contribution in [1.82, 2.24) is 8.87 Å². The molecule has 0 bridgehead atoms. The summed E-state index contributed by atoms with van der Waals surface area (Å²) in [6, 6.07) is 11.3. The van der Waals surface area contributed by atoms with E-state index in [1.54, 1.807) is 27.0 Å². The van der Waals surface area contributed by atoms with Crippen LogP contribution in [0.2, 0.25) is 0 Å². The van der Waals surface area contributed by atoms with Gasteiger partial charge in [0.1, 0.15) is 0 Å². The van der Waals surface area contributed by atoms with Crippen LogP contribution in [0.4, 0.5) is 5.69 Å². The molecule has 0 unspecified atom stereocenters. The van der Waals surface area contributed by atoms with Gasteiger partial charge in [-0.25, -0.2) is 8.42 Å². The summed E-state index contributed by atoms with van der Waals surface area (Å²) in [4.78, 5) is 29.2. The molecule has 0 fully saturated rings. The summed E-state index contributed by atoms with van der Waals surface area (Å²) in [6.07, 6.45) is 0. The lowest BCUT2D eigenvalue weighted by molar-refractivity contribution is -0.114. The lowest BCUT2D eigenvalue weighted by Gasteiger charge is -2.18. The Morgan fingerprint density at radius 1 is 1.12 bits per heavy atom. The highest BCUT2D eigenvalue weighted by atomic mass is 32.2. The summed E-state index contributed by atoms with van der Waals surface area (Å²) in [6.45, 7) is 6.65. The molecule has 0 spiro atoms. The molecule has 0 atom stereocenters. The molecule has 0 aliphatic carbocycles. The quantitative estimate of drug-likeness (QED) is 0.482. The smallest absolute Gasteiger partial charge is 0.279 e. The van der Waals surface area contributed by atoms with E-state index in [-0.39, 0.29) is 16.4 Å². The van der Waals surface area contributed by atoms with Gasteiger partial charge in [0.25, 0.3) is 5.91 Å². The standard InChI is InChI=1S/C23H28N4O5S2/c1-5-26(6-2)34(30,31)19-10-7-17(8-11-19)22(29)25-23-27(13-14-32-4)20-12-9-18(24-16(3)28)15-21(20)33-23/h7-12,15H,5-6,13-14H2,1-4H3,(H,24,28). The fraction of sp³-hybridized carbons (Fsp3) is 0.348. The van der Waals surface area contributed by atoms with Crippen LogP contribution in [-0.2, 0) is 26.1 Å². The molecular formula is C23H28N4O5S2. The van der Waals surface area contributed by atoms with Gasteiger partial charge in [0.2, 0.25) is 15.9 Å². The Labute approximate surface area is 202 Å². The number of nitrogens with zero attached hydrogens (tertiary/aromatic N) is 3. The van der Waals surface area contributed by atoms with Crippen LogP contribution in [0, 0.1) is 0 Å². The molecule has 2 aromatic carbocycles. The molecule has 0 aliphatic rings. The van der Waals surface area contributed by atoms with Gasteiger partial charge in [-0.3, -0.25) is 9.59 Å². The Morgan fingerprint density at radius 3 is 2.38 bits per heavy atom. The molecule has 0 saturated heterocycles. The number of rotatable bonds is 9. The number of carbonyl (C=O) groups excluding carboxylic acids is 2. The number of sulfonamides is 1. The van der Waals surface area contributed by atoms with Crippen LogP contribution in [-0.4, -0.2) is 55.9 Å². The zero-order valence-corrected chi connectivity index (χ0v) is 21.2. The van der Waals surface area contributed by atoms with Gasteiger partial charge < -0.3 is 14.6 Å². The first kappa shape index (κ1) is 25.8. The van der Waals surface area contributed by atoms with Crippen molar-refractivity contribution >= 4 is 49.1 Å². The normalized spacial score (nSPS) is 12.4. The van der Waals surface area contributed by atoms with E-state index in [2.05, 4.69) is 10.3 Å². The third-order valence-corrected chi connectivity index (χ3v) is 8.27. The minimum Gasteiger partial charge on any atom is -0.383 e. The molecule has 0 radical (unpaired) electrons. The van der Waals surface area contributed by atoms with Crippen molar-refractivity contribution in [3.63, 3.8) is 0 Å². The van der Waals surface area contributed by atoms with Gasteiger partial charge in [-0.2, -0.15) is 9.30 Å². The van der Waals surface area contributed by atoms with Gasteiger partial charge in [-0.05, 0) is 42.5 Å². The van der Waals surface area contributed by atoms with E-state index in [1.165, 1.54) is 46.8 Å². The van der Waals surface area contributed by atoms with Crippen molar-refractivity contribution in [1.29, 1.82) is 0 Å². The molecule has 0 aliphatic heterocycles. The summed E-state index contributed by atoms with van der Waals surface area (Å²) >= 11 is 1.32. The second-order valence-electron chi connectivity index (χ2n) is 7.42. The van der Waals surface area contributed by atoms with Crippen LogP contribution < -0.4 is 10.1 Å². The maximum atomic E-state index is 12.9. The molecule has 3 aromatic rings. The number of thiazole rings is 1. The SMILES string of the molecule is CCN(CC)S(=O)(=O)c1ccc(C(=O)N=c2sc3cc(NC(C)=O)ccc3n2CCOC)cc1. The predicted molar refractivity (Wildman–Crippen MR) is 132 cm³/mol. The molecule has 3 rings (SSSR count). The number of benzene rings is 2. The van der Waals surface area contributed by atoms with Crippen molar-refractivity contribution < 1.29 is 22.7 Å². The maximum absolute atomic E-state index is 12.9. The molecule has 11 heteroatoms. The first-order valence-electron chi connectivity index (χ1n) is 10.8. The summed E-state index contributed by atoms with van der Waals surface area (Å²) < 4.78 is 34.7. The Hall–Kier alpha value is -2.86. The van der Waals surface area contributed by atoms with Crippen LogP contribution in [0.15, 0.2) is 52.4 Å². The third-order valence-electron chi connectivity index (χ3n) is 5.16. The Bertz CT molecular complexity index is 1350. The average Bonchev–Trinajstić information content (AvgIpc) is 3.13. The Kier molecular flexibility index (Phi) is 8.37. The van der Waals surface area contributed by atoms with E-state index in [0.717, 1.165) is 10.2 Å². The number of anilines is 1. The lowest BCUT2D eigenvalue weighted by atomic mass is 10.2. The number of hydrogen-bond donors (Lipinski definition) is 1. The number of ether oxygens (including phenoxy) is 1. The minimum atomic E-state index is -3.60. The van der Waals surface area contributed by atoms with Gasteiger partial charge in [0.15, 0.2) is 4.80 Å². The third kappa shape index (κ3) is 5.61. The van der Waals surface area contributed by atoms with Gasteiger partial charge >= 0.3 is 0 Å². The Balaban J connectivity index is 1.99. The van der Waals surface area contributed by atoms with Crippen molar-refractivity contribution in [3.8, 4) is 0 Å². The van der Waals surface area contributed by atoms with Crippen LogP contribution in [0.25, 0.3) is 10.2 Å². The molecule has 1 heterocycles. The first-order valence-corrected chi connectivity index (χ1v) is 13.1. The number of carbonyl (C=O) groups is 2. The van der Waals surface area contributed by atoms with E-state index in [9.17, 15) is 18.0 Å². The van der Waals surface area contributed by atoms with Crippen molar-refractivity contribution in [2.75, 3.05) is 32.1 Å². The van der Waals surface area contributed by atoms with Crippen molar-refractivity contribution in [2.24, 2.45) is 4.99 Å². The summed E-state index contributed by atoms with van der Waals surface area (Å²) in [7, 11) is -2.01. The van der Waals surface area contributed by atoms with E-state index < -0.39 is 15.9 Å². The molecule has 9 nitrogen and oxygen atoms in total. The second-order valence-corrected chi connectivity index (χ2v) is 10.4. The van der Waals surface area contributed by atoms with Crippen molar-refractivity contribution in [2.45, 2.75) is 32.2 Å². The van der Waals surface area contributed by atoms with E-state index >= 15 is 0 Å². The molecule has 1 aromatic heterocycles. The fourth-order valence-electron chi connectivity index (χ4n) is 3.47. The van der Waals surface area contributed by atoms with Crippen molar-refractivity contribution in [3.05, 3.63) is 52.8 Å². The van der Waals surface area contributed by atoms with E-state index in [1.807, 2.05) is 16.7 Å². The predicted octanol–water partition coefficient (Wildman–Crippen LogP) is 3.08. The topological polar surface area (TPSA) is 110 Å². The van der Waals surface area contributed by atoms with Crippen LogP contribution in [0.1, 0.15) is 31.1 Å². The zero-order chi connectivity index (χ0) is 24.9. The zero-order valence-electron chi connectivity index (χ0n) is 19.6. The highest BCUT2D eigenvalue weighted by Crippen LogP contribution is 2.22. The summed E-state index contributed by atoms with van der Waals surface area (Å²) in [5, 5.41) is 2.75. The minimum absolute atomic E-state index is 0.135. The summed E-state index contributed by atoms with van der Waals surface area (Å²) in [5.41, 5.74) is 1.81. The average molecular weight is 505 g/mol. The Morgan fingerprint density at radius 2 is 1.79 bits per heavy atom. The number of hydrogen-bond acceptors (Lipinski definition) is 6. The molecule has 182 valence electrons. The molecule has 2 amide bonds. The number of nitrogens with one attached hydrogen (secondary N) is 1. The first-order chi connectivity index (χ1) is 16.2. The van der Waals surface area contributed by atoms with Crippen LogP contribution in [0.3, 0.4) is 0 Å². The van der Waals surface area contributed by atoms with Gasteiger partial charge in [-0.15, -0.1) is 0 Å². The number of methoxy groups -OCH3 is 1. The molecular weight excluding hydrogens is 476 g/mol. The van der Waals surface area contributed by atoms with E-state index in [4.69, 9.17) is 4.74 Å². The maximum Gasteiger partial charge on any atom is 0.279 e. The molecule has 1 N–H and O–H groups in total. The fourth-order valence-corrected chi connectivity index (χ4v) is 6.02. The number of amides is 2. The molecule has 34 heavy (non-hydrogen) atoms. The lowest BCUT2D eigenvalue weighted by Crippen LogP contribution is -2.30. The van der Waals surface area contributed by atoms with E-state index in [0.29, 0.717) is 36.7 Å². The second kappa shape index (κ2) is 11.0. The highest BCUT2D eigenvalue weighted by molar-refractivity contribution is 7.89. The highest BCUT2D eigenvalue weighted by Gasteiger charge is 2.21. The van der Waals surface area contributed by atoms with Gasteiger partial charge in [-0.1, -0.05) is 25.2 Å². The van der Waals surface area contributed by atoms with Gasteiger partial charge in [0.05, 0.1) is 21.7 Å². The molecule has 0 saturated carbocycles. The summed E-state index contributed by atoms with van der Waals surface area (Å²) in [5.74, 6) is -0.652. The number of aromatic nitrogens is 1. The number of fused-ring (bicyclic) bond motifs is 1. The van der Waals surface area contributed by atoms with Crippen LogP contribution >= 0.6 is 11.3 Å². The monoisotopic (exact) mass is 504 g/mol. The largest absolute Gasteiger partial charge is 0.383 e. The van der Waals surface area contributed by atoms with Crippen LogP contribution in [0.5, 0.6) is 0 Å².